The fraction of sp³-hybridized carbons (Fsp3) is 0.135. The van der Waals surface area contributed by atoms with Crippen LogP contribution in [0.1, 0.15) is 25.0 Å². The Bertz CT molecular complexity index is 1730. The number of nitrogens with one attached hydrogen (secondary N) is 1. The minimum atomic E-state index is -0.848. The molecule has 0 spiro atoms. The smallest absolute Gasteiger partial charge is 0.307 e. The molecule has 4 aromatic rings. The molecule has 0 fully saturated rings. The number of amides is 1. The summed E-state index contributed by atoms with van der Waals surface area (Å²) in [6.45, 7) is 7.93. The molecule has 7 heteroatoms. The summed E-state index contributed by atoms with van der Waals surface area (Å²) in [5.74, 6) is -0.882. The summed E-state index contributed by atoms with van der Waals surface area (Å²) in [6, 6.07) is 26.2. The number of hydrogen-bond acceptors (Lipinski definition) is 4. The Balaban J connectivity index is 0.000000309. The van der Waals surface area contributed by atoms with E-state index in [1.54, 1.807) is 24.3 Å². The van der Waals surface area contributed by atoms with E-state index in [0.717, 1.165) is 22.4 Å². The number of halogens is 1. The quantitative estimate of drug-likeness (QED) is 0.159. The average Bonchev–Trinajstić information content (AvgIpc) is 3.28. The molecule has 224 valence electrons. The molecule has 6 nitrogen and oxygen atoms in total. The van der Waals surface area contributed by atoms with Gasteiger partial charge in [0, 0.05) is 41.2 Å². The maximum absolute atomic E-state index is 14.7. The van der Waals surface area contributed by atoms with Gasteiger partial charge in [-0.2, -0.15) is 0 Å². The van der Waals surface area contributed by atoms with Gasteiger partial charge in [-0.3, -0.25) is 9.59 Å². The van der Waals surface area contributed by atoms with Crippen LogP contribution in [0.25, 0.3) is 27.8 Å². The lowest BCUT2D eigenvalue weighted by Gasteiger charge is -2.14. The highest BCUT2D eigenvalue weighted by molar-refractivity contribution is 6.31. The predicted molar refractivity (Wildman–Crippen MR) is 176 cm³/mol. The molecular weight excluding hydrogens is 555 g/mol. The van der Waals surface area contributed by atoms with Crippen LogP contribution >= 0.6 is 0 Å². The van der Waals surface area contributed by atoms with E-state index < -0.39 is 5.97 Å². The molecule has 0 saturated carbocycles. The molecule has 1 heterocycles. The summed E-state index contributed by atoms with van der Waals surface area (Å²) >= 11 is 0. The summed E-state index contributed by atoms with van der Waals surface area (Å²) in [7, 11) is 3.54. The molecule has 0 radical (unpaired) electrons. The van der Waals surface area contributed by atoms with Gasteiger partial charge in [0.25, 0.3) is 5.91 Å². The van der Waals surface area contributed by atoms with Gasteiger partial charge in [0.1, 0.15) is 11.6 Å². The zero-order chi connectivity index (χ0) is 31.8. The third kappa shape index (κ3) is 7.69. The molecule has 0 aromatic heterocycles. The Labute approximate surface area is 257 Å². The molecule has 1 aliphatic heterocycles. The normalized spacial score (nSPS) is 11.8. The van der Waals surface area contributed by atoms with Crippen LogP contribution in [0.4, 0.5) is 15.8 Å². The second kappa shape index (κ2) is 14.2. The van der Waals surface area contributed by atoms with Crippen molar-refractivity contribution in [2.24, 2.45) is 0 Å². The van der Waals surface area contributed by atoms with Crippen LogP contribution in [0, 0.1) is 5.82 Å². The number of methoxy groups -OCH3 is 1. The number of fused-ring (bicyclic) bond motifs is 1. The SMILES string of the molecule is C=C1C(=O)Nc2cc(F)c(-c3ccc(-c4ccc(N(C)/C=C\C=C(C)C)cc4)cc3)cc21.COc1ccccc1CC(=O)O. The summed E-state index contributed by atoms with van der Waals surface area (Å²) in [4.78, 5) is 24.2. The minimum Gasteiger partial charge on any atom is -0.496 e. The zero-order valence-electron chi connectivity index (χ0n) is 25.2. The van der Waals surface area contributed by atoms with E-state index in [0.29, 0.717) is 33.7 Å². The highest BCUT2D eigenvalue weighted by atomic mass is 19.1. The summed E-state index contributed by atoms with van der Waals surface area (Å²) in [5, 5.41) is 11.2. The lowest BCUT2D eigenvalue weighted by Crippen LogP contribution is -2.07. The number of para-hydroxylation sites is 1. The van der Waals surface area contributed by atoms with Crippen molar-refractivity contribution in [3.05, 3.63) is 132 Å². The number of aliphatic carboxylic acids is 1. The Morgan fingerprint density at radius 2 is 1.57 bits per heavy atom. The molecule has 1 amide bonds. The van der Waals surface area contributed by atoms with Gasteiger partial charge in [-0.15, -0.1) is 0 Å². The zero-order valence-corrected chi connectivity index (χ0v) is 25.2. The molecule has 4 aromatic carbocycles. The van der Waals surface area contributed by atoms with Crippen LogP contribution in [-0.2, 0) is 16.0 Å². The molecule has 0 unspecified atom stereocenters. The van der Waals surface area contributed by atoms with Crippen molar-refractivity contribution in [1.82, 2.24) is 0 Å². The fourth-order valence-corrected chi connectivity index (χ4v) is 4.66. The first-order valence-corrected chi connectivity index (χ1v) is 14.0. The first kappa shape index (κ1) is 31.5. The molecule has 1 aliphatic rings. The number of carbonyl (C=O) groups excluding carboxylic acids is 1. The number of carboxylic acids is 1. The van der Waals surface area contributed by atoms with Gasteiger partial charge in [0.05, 0.1) is 19.2 Å². The second-order valence-corrected chi connectivity index (χ2v) is 10.5. The molecule has 0 saturated heterocycles. The number of benzene rings is 4. The standard InChI is InChI=1S/C28H25FN2O.C9H10O3/c1-18(2)6-5-15-31(4)23-13-11-21(12-14-23)20-7-9-22(10-8-20)25-16-24-19(3)28(32)30-27(24)17-26(25)29;1-12-8-5-3-2-4-7(8)6-9(10)11/h5-17H,3H2,1-2,4H3,(H,30,32);2-5H,6H2,1H3,(H,10,11)/b15-5-;. The summed E-state index contributed by atoms with van der Waals surface area (Å²) in [6.07, 6.45) is 6.13. The highest BCUT2D eigenvalue weighted by Crippen LogP contribution is 2.37. The molecule has 0 bridgehead atoms. The number of allylic oxidation sites excluding steroid dienone is 3. The molecular formula is C37H35FN2O4. The van der Waals surface area contributed by atoms with Gasteiger partial charge in [-0.1, -0.05) is 72.8 Å². The second-order valence-electron chi connectivity index (χ2n) is 10.5. The first-order valence-electron chi connectivity index (χ1n) is 14.0. The Kier molecular flexibility index (Phi) is 10.1. The first-order chi connectivity index (χ1) is 21.1. The molecule has 0 atom stereocenters. The Morgan fingerprint density at radius 3 is 2.18 bits per heavy atom. The summed E-state index contributed by atoms with van der Waals surface area (Å²) < 4.78 is 19.6. The number of carbonyl (C=O) groups is 2. The predicted octanol–water partition coefficient (Wildman–Crippen LogP) is 8.36. The average molecular weight is 591 g/mol. The number of anilines is 2. The van der Waals surface area contributed by atoms with Crippen molar-refractivity contribution in [3.63, 3.8) is 0 Å². The van der Waals surface area contributed by atoms with Crippen molar-refractivity contribution in [2.45, 2.75) is 20.3 Å². The van der Waals surface area contributed by atoms with Crippen molar-refractivity contribution in [3.8, 4) is 28.0 Å². The van der Waals surface area contributed by atoms with E-state index in [-0.39, 0.29) is 18.1 Å². The van der Waals surface area contributed by atoms with Crippen LogP contribution in [0.2, 0.25) is 0 Å². The van der Waals surface area contributed by atoms with E-state index in [4.69, 9.17) is 9.84 Å². The maximum atomic E-state index is 14.7. The third-order valence-corrected chi connectivity index (χ3v) is 7.03. The van der Waals surface area contributed by atoms with Crippen LogP contribution < -0.4 is 15.0 Å². The van der Waals surface area contributed by atoms with Gasteiger partial charge in [0.15, 0.2) is 0 Å². The number of nitrogens with zero attached hydrogens (tertiary/aromatic N) is 1. The van der Waals surface area contributed by atoms with Gasteiger partial charge in [0.2, 0.25) is 0 Å². The molecule has 0 aliphatic carbocycles. The highest BCUT2D eigenvalue weighted by Gasteiger charge is 2.24. The van der Waals surface area contributed by atoms with Crippen molar-refractivity contribution in [2.75, 3.05) is 24.4 Å². The lowest BCUT2D eigenvalue weighted by atomic mass is 9.97. The lowest BCUT2D eigenvalue weighted by molar-refractivity contribution is -0.136. The van der Waals surface area contributed by atoms with E-state index in [1.807, 2.05) is 49.7 Å². The third-order valence-electron chi connectivity index (χ3n) is 7.03. The topological polar surface area (TPSA) is 78.9 Å². The number of ether oxygens (including phenoxy) is 1. The van der Waals surface area contributed by atoms with Gasteiger partial charge in [-0.25, -0.2) is 4.39 Å². The van der Waals surface area contributed by atoms with Crippen LogP contribution in [0.15, 0.2) is 115 Å². The number of hydrogen-bond donors (Lipinski definition) is 2. The monoisotopic (exact) mass is 590 g/mol. The number of rotatable bonds is 8. The van der Waals surface area contributed by atoms with E-state index >= 15 is 0 Å². The molecule has 44 heavy (non-hydrogen) atoms. The van der Waals surface area contributed by atoms with Gasteiger partial charge >= 0.3 is 5.97 Å². The fourth-order valence-electron chi connectivity index (χ4n) is 4.66. The Morgan fingerprint density at radius 1 is 0.955 bits per heavy atom. The van der Waals surface area contributed by atoms with E-state index in [9.17, 15) is 14.0 Å². The van der Waals surface area contributed by atoms with Crippen molar-refractivity contribution in [1.29, 1.82) is 0 Å². The van der Waals surface area contributed by atoms with Crippen LogP contribution in [-0.4, -0.2) is 31.1 Å². The largest absolute Gasteiger partial charge is 0.496 e. The molecule has 2 N–H and O–H groups in total. The van der Waals surface area contributed by atoms with E-state index in [1.165, 1.54) is 18.7 Å². The van der Waals surface area contributed by atoms with Crippen molar-refractivity contribution >= 4 is 28.8 Å². The minimum absolute atomic E-state index is 0.00398. The number of carboxylic acid groups (broad SMARTS) is 1. The van der Waals surface area contributed by atoms with Gasteiger partial charge < -0.3 is 20.1 Å². The maximum Gasteiger partial charge on any atom is 0.307 e. The van der Waals surface area contributed by atoms with Crippen LogP contribution in [0.5, 0.6) is 5.75 Å². The summed E-state index contributed by atoms with van der Waals surface area (Å²) in [5.41, 5.74) is 7.86. The van der Waals surface area contributed by atoms with Gasteiger partial charge in [-0.05, 0) is 66.9 Å². The van der Waals surface area contributed by atoms with Crippen molar-refractivity contribution < 1.29 is 23.8 Å². The Hall–Kier alpha value is -5.43. The van der Waals surface area contributed by atoms with E-state index in [2.05, 4.69) is 61.0 Å². The van der Waals surface area contributed by atoms with Crippen LogP contribution in [0.3, 0.4) is 0 Å². The molecule has 5 rings (SSSR count).